The Bertz CT molecular complexity index is 433. The summed E-state index contributed by atoms with van der Waals surface area (Å²) in [6.45, 7) is 3.50. The van der Waals surface area contributed by atoms with Crippen LogP contribution in [0.3, 0.4) is 0 Å². The molecule has 0 saturated carbocycles. The lowest BCUT2D eigenvalue weighted by Gasteiger charge is -2.26. The van der Waals surface area contributed by atoms with E-state index in [1.165, 1.54) is 0 Å². The molecule has 1 saturated heterocycles. The number of aliphatic hydroxyl groups is 1. The molecular weight excluding hydrogens is 310 g/mol. The normalized spacial score (nSPS) is 24.6. The van der Waals surface area contributed by atoms with Gasteiger partial charge in [0.1, 0.15) is 11.4 Å². The first kappa shape index (κ1) is 14.8. The molecule has 0 radical (unpaired) electrons. The fraction of sp³-hybridized carbons (Fsp3) is 0.571. The van der Waals surface area contributed by atoms with E-state index in [4.69, 9.17) is 4.74 Å². The van der Waals surface area contributed by atoms with Gasteiger partial charge in [0.15, 0.2) is 0 Å². The summed E-state index contributed by atoms with van der Waals surface area (Å²) in [6.07, 6.45) is 1.49. The second-order valence-corrected chi connectivity index (χ2v) is 5.99. The van der Waals surface area contributed by atoms with E-state index in [1.807, 2.05) is 19.1 Å². The maximum atomic E-state index is 10.2. The second-order valence-electron chi connectivity index (χ2n) is 5.07. The van der Waals surface area contributed by atoms with Crippen molar-refractivity contribution >= 4 is 15.9 Å². The van der Waals surface area contributed by atoms with Gasteiger partial charge in [0.2, 0.25) is 0 Å². The van der Waals surface area contributed by atoms with Crippen molar-refractivity contribution in [1.29, 1.82) is 0 Å². The van der Waals surface area contributed by atoms with Crippen molar-refractivity contribution in [3.8, 4) is 5.75 Å². The third kappa shape index (κ3) is 3.69. The highest BCUT2D eigenvalue weighted by molar-refractivity contribution is 9.10. The summed E-state index contributed by atoms with van der Waals surface area (Å²) >= 11 is 3.41. The van der Waals surface area contributed by atoms with Crippen LogP contribution in [0.1, 0.15) is 31.4 Å². The first-order valence-electron chi connectivity index (χ1n) is 6.56. The summed E-state index contributed by atoms with van der Waals surface area (Å²) < 4.78 is 6.16. The minimum atomic E-state index is -0.783. The number of nitrogens with one attached hydrogen (secondary N) is 1. The van der Waals surface area contributed by atoms with Gasteiger partial charge >= 0.3 is 0 Å². The zero-order chi connectivity index (χ0) is 13.9. The molecule has 1 heterocycles. The number of rotatable bonds is 5. The molecule has 19 heavy (non-hydrogen) atoms. The minimum absolute atomic E-state index is 0.0159. The van der Waals surface area contributed by atoms with E-state index in [9.17, 15) is 10.2 Å². The van der Waals surface area contributed by atoms with Crippen LogP contribution in [0, 0.1) is 0 Å². The smallest absolute Gasteiger partial charge is 0.120 e. The Morgan fingerprint density at radius 2 is 2.32 bits per heavy atom. The fourth-order valence-electron chi connectivity index (χ4n) is 2.33. The lowest BCUT2D eigenvalue weighted by atomic mass is 9.99. The second kappa shape index (κ2) is 6.22. The highest BCUT2D eigenvalue weighted by atomic mass is 79.9. The van der Waals surface area contributed by atoms with Crippen molar-refractivity contribution in [2.75, 3.05) is 19.8 Å². The SMILES string of the molecule is CCC(NCC1(O)CCOC1)c1cc(Br)ccc1O. The Morgan fingerprint density at radius 3 is 2.95 bits per heavy atom. The van der Waals surface area contributed by atoms with Gasteiger partial charge in [0.05, 0.1) is 6.61 Å². The summed E-state index contributed by atoms with van der Waals surface area (Å²) in [5.74, 6) is 0.275. The largest absolute Gasteiger partial charge is 0.508 e. The number of hydrogen-bond acceptors (Lipinski definition) is 4. The van der Waals surface area contributed by atoms with Crippen molar-refractivity contribution in [2.24, 2.45) is 0 Å². The first-order valence-corrected chi connectivity index (χ1v) is 7.35. The van der Waals surface area contributed by atoms with E-state index in [-0.39, 0.29) is 11.8 Å². The van der Waals surface area contributed by atoms with Gasteiger partial charge in [-0.2, -0.15) is 0 Å². The summed E-state index contributed by atoms with van der Waals surface area (Å²) in [5.41, 5.74) is 0.0640. The van der Waals surface area contributed by atoms with Crippen LogP contribution in [0.25, 0.3) is 0 Å². The van der Waals surface area contributed by atoms with E-state index in [0.717, 1.165) is 16.5 Å². The first-order chi connectivity index (χ1) is 9.04. The van der Waals surface area contributed by atoms with Crippen molar-refractivity contribution in [2.45, 2.75) is 31.4 Å². The van der Waals surface area contributed by atoms with E-state index in [0.29, 0.717) is 26.2 Å². The number of ether oxygens (including phenoxy) is 1. The van der Waals surface area contributed by atoms with Crippen LogP contribution in [0.4, 0.5) is 0 Å². The molecule has 1 aromatic rings. The maximum absolute atomic E-state index is 10.2. The fourth-order valence-corrected chi connectivity index (χ4v) is 2.71. The summed E-state index contributed by atoms with van der Waals surface area (Å²) in [6, 6.07) is 5.41. The van der Waals surface area contributed by atoms with Crippen LogP contribution in [-0.2, 0) is 4.74 Å². The van der Waals surface area contributed by atoms with Crippen LogP contribution >= 0.6 is 15.9 Å². The topological polar surface area (TPSA) is 61.7 Å². The molecule has 2 atom stereocenters. The van der Waals surface area contributed by atoms with Crippen LogP contribution in [0.15, 0.2) is 22.7 Å². The van der Waals surface area contributed by atoms with Crippen LogP contribution in [0.2, 0.25) is 0 Å². The van der Waals surface area contributed by atoms with Crippen LogP contribution < -0.4 is 5.32 Å². The highest BCUT2D eigenvalue weighted by Crippen LogP contribution is 2.30. The lowest BCUT2D eigenvalue weighted by Crippen LogP contribution is -2.42. The molecule has 0 aliphatic carbocycles. The van der Waals surface area contributed by atoms with Gasteiger partial charge in [-0.05, 0) is 24.6 Å². The Labute approximate surface area is 121 Å². The molecule has 1 fully saturated rings. The molecule has 1 aliphatic heterocycles. The standard InChI is InChI=1S/C14H20BrNO3/c1-2-12(11-7-10(15)3-4-13(11)17)16-8-14(18)5-6-19-9-14/h3-4,7,12,16-18H,2,5-6,8-9H2,1H3. The summed E-state index contributed by atoms with van der Waals surface area (Å²) in [7, 11) is 0. The van der Waals surface area contributed by atoms with E-state index in [2.05, 4.69) is 21.2 Å². The molecule has 3 N–H and O–H groups in total. The lowest BCUT2D eigenvalue weighted by molar-refractivity contribution is 0.0246. The predicted molar refractivity (Wildman–Crippen MR) is 77.2 cm³/mol. The van der Waals surface area contributed by atoms with Gasteiger partial charge in [-0.3, -0.25) is 0 Å². The summed E-state index contributed by atoms with van der Waals surface area (Å²) in [4.78, 5) is 0. The van der Waals surface area contributed by atoms with Gasteiger partial charge in [-0.1, -0.05) is 22.9 Å². The van der Waals surface area contributed by atoms with Gasteiger partial charge < -0.3 is 20.3 Å². The van der Waals surface area contributed by atoms with Crippen molar-refractivity contribution in [1.82, 2.24) is 5.32 Å². The van der Waals surface area contributed by atoms with Crippen LogP contribution in [-0.4, -0.2) is 35.6 Å². The number of phenols is 1. The highest BCUT2D eigenvalue weighted by Gasteiger charge is 2.32. The summed E-state index contributed by atoms with van der Waals surface area (Å²) in [5, 5.41) is 23.5. The number of hydrogen-bond donors (Lipinski definition) is 3. The van der Waals surface area contributed by atoms with Gasteiger partial charge in [-0.25, -0.2) is 0 Å². The average molecular weight is 330 g/mol. The third-order valence-corrected chi connectivity index (χ3v) is 4.03. The molecule has 5 heteroatoms. The predicted octanol–water partition coefficient (Wildman–Crippen LogP) is 2.35. The van der Waals surface area contributed by atoms with Crippen molar-refractivity contribution in [3.63, 3.8) is 0 Å². The van der Waals surface area contributed by atoms with E-state index < -0.39 is 5.60 Å². The molecule has 0 spiro atoms. The zero-order valence-electron chi connectivity index (χ0n) is 11.0. The van der Waals surface area contributed by atoms with E-state index >= 15 is 0 Å². The molecule has 0 aromatic heterocycles. The van der Waals surface area contributed by atoms with Gasteiger partial charge in [0.25, 0.3) is 0 Å². The molecule has 106 valence electrons. The molecule has 1 aromatic carbocycles. The van der Waals surface area contributed by atoms with Crippen LogP contribution in [0.5, 0.6) is 5.75 Å². The molecular formula is C14H20BrNO3. The molecule has 4 nitrogen and oxygen atoms in total. The number of phenolic OH excluding ortho intramolecular Hbond substituents is 1. The molecule has 2 unspecified atom stereocenters. The molecule has 0 amide bonds. The Balaban J connectivity index is 2.05. The monoisotopic (exact) mass is 329 g/mol. The molecule has 2 rings (SSSR count). The minimum Gasteiger partial charge on any atom is -0.508 e. The molecule has 1 aliphatic rings. The van der Waals surface area contributed by atoms with Gasteiger partial charge in [0, 0.05) is 35.7 Å². The average Bonchev–Trinajstić information content (AvgIpc) is 2.81. The van der Waals surface area contributed by atoms with Gasteiger partial charge in [-0.15, -0.1) is 0 Å². The number of halogens is 1. The number of aromatic hydroxyl groups is 1. The Hall–Kier alpha value is -0.620. The Kier molecular flexibility index (Phi) is 4.84. The zero-order valence-corrected chi connectivity index (χ0v) is 12.6. The quantitative estimate of drug-likeness (QED) is 0.776. The number of benzene rings is 1. The van der Waals surface area contributed by atoms with E-state index in [1.54, 1.807) is 6.07 Å². The maximum Gasteiger partial charge on any atom is 0.120 e. The van der Waals surface area contributed by atoms with Crippen molar-refractivity contribution in [3.05, 3.63) is 28.2 Å². The molecule has 0 bridgehead atoms. The van der Waals surface area contributed by atoms with Crippen molar-refractivity contribution < 1.29 is 14.9 Å². The third-order valence-electron chi connectivity index (χ3n) is 3.53. The Morgan fingerprint density at radius 1 is 1.53 bits per heavy atom.